The summed E-state index contributed by atoms with van der Waals surface area (Å²) in [4.78, 5) is 3.49. The van der Waals surface area contributed by atoms with Crippen molar-refractivity contribution in [2.45, 2.75) is 26.1 Å². The lowest BCUT2D eigenvalue weighted by Gasteiger charge is -2.14. The number of nitrogens with one attached hydrogen (secondary N) is 1. The van der Waals surface area contributed by atoms with E-state index in [9.17, 15) is 13.2 Å². The largest absolute Gasteiger partial charge is 0.433 e. The van der Waals surface area contributed by atoms with E-state index in [2.05, 4.69) is 16.9 Å². The maximum atomic E-state index is 12.6. The molecule has 0 atom stereocenters. The molecule has 0 spiro atoms. The van der Waals surface area contributed by atoms with Crippen LogP contribution < -0.4 is 11.1 Å². The molecule has 0 radical (unpaired) electrons. The summed E-state index contributed by atoms with van der Waals surface area (Å²) in [6.07, 6.45) is -4.50. The van der Waals surface area contributed by atoms with Crippen LogP contribution in [0.2, 0.25) is 0 Å². The Bertz CT molecular complexity index is 424. The smallest absolute Gasteiger partial charge is 0.399 e. The molecule has 1 aromatic rings. The Morgan fingerprint density at radius 1 is 1.41 bits per heavy atom. The summed E-state index contributed by atoms with van der Waals surface area (Å²) < 4.78 is 37.8. The van der Waals surface area contributed by atoms with Crippen LogP contribution in [0, 0.1) is 0 Å². The number of pyridine rings is 1. The monoisotopic (exact) mass is 245 g/mol. The van der Waals surface area contributed by atoms with Crippen molar-refractivity contribution >= 4 is 11.5 Å². The van der Waals surface area contributed by atoms with E-state index in [1.807, 2.05) is 0 Å². The molecule has 0 bridgehead atoms. The zero-order chi connectivity index (χ0) is 13.2. The van der Waals surface area contributed by atoms with Gasteiger partial charge >= 0.3 is 6.18 Å². The lowest BCUT2D eigenvalue weighted by atomic mass is 10.1. The van der Waals surface area contributed by atoms with Gasteiger partial charge in [-0.05, 0) is 26.0 Å². The molecule has 0 saturated heterocycles. The first-order chi connectivity index (χ1) is 7.70. The first kappa shape index (κ1) is 13.3. The minimum Gasteiger partial charge on any atom is -0.399 e. The molecule has 3 N–H and O–H groups in total. The molecule has 1 aromatic heterocycles. The maximum Gasteiger partial charge on any atom is 0.433 e. The molecule has 94 valence electrons. The van der Waals surface area contributed by atoms with Crippen molar-refractivity contribution in [3.63, 3.8) is 0 Å². The molecule has 0 aliphatic rings. The van der Waals surface area contributed by atoms with Crippen LogP contribution in [-0.2, 0) is 6.18 Å². The minimum absolute atomic E-state index is 0.0233. The lowest BCUT2D eigenvalue weighted by Crippen LogP contribution is -2.15. The Morgan fingerprint density at radius 2 is 2.00 bits per heavy atom. The van der Waals surface area contributed by atoms with E-state index in [4.69, 9.17) is 5.73 Å². The number of halogens is 3. The third-order valence-corrected chi connectivity index (χ3v) is 1.92. The molecular weight excluding hydrogens is 231 g/mol. The number of aromatic nitrogens is 1. The van der Waals surface area contributed by atoms with Gasteiger partial charge in [0.05, 0.1) is 0 Å². The van der Waals surface area contributed by atoms with E-state index in [1.54, 1.807) is 13.8 Å². The normalized spacial score (nSPS) is 11.6. The highest BCUT2D eigenvalue weighted by Crippen LogP contribution is 2.30. The number of nitrogens with zero attached hydrogens (tertiary/aromatic N) is 1. The van der Waals surface area contributed by atoms with Gasteiger partial charge in [0.25, 0.3) is 0 Å². The number of hydrogen-bond donors (Lipinski definition) is 2. The van der Waals surface area contributed by atoms with Crippen molar-refractivity contribution in [3.05, 3.63) is 30.0 Å². The highest BCUT2D eigenvalue weighted by molar-refractivity contribution is 5.63. The molecule has 0 unspecified atom stereocenters. The van der Waals surface area contributed by atoms with Crippen LogP contribution in [0.3, 0.4) is 0 Å². The van der Waals surface area contributed by atoms with Crippen molar-refractivity contribution < 1.29 is 13.2 Å². The van der Waals surface area contributed by atoms with Gasteiger partial charge in [-0.15, -0.1) is 0 Å². The van der Waals surface area contributed by atoms with Gasteiger partial charge in [0, 0.05) is 17.3 Å². The van der Waals surface area contributed by atoms with E-state index < -0.39 is 11.9 Å². The average Bonchev–Trinajstić information content (AvgIpc) is 2.14. The number of nitrogens with two attached hydrogens (primary N) is 1. The van der Waals surface area contributed by atoms with E-state index in [0.29, 0.717) is 0 Å². The lowest BCUT2D eigenvalue weighted by molar-refractivity contribution is -0.141. The SMILES string of the molecule is C=C(N)c1cc(NC(C)C)nc(C(F)(F)F)c1. The van der Waals surface area contributed by atoms with Crippen LogP contribution in [-0.4, -0.2) is 11.0 Å². The average molecular weight is 245 g/mol. The topological polar surface area (TPSA) is 50.9 Å². The fraction of sp³-hybridized carbons (Fsp3) is 0.364. The van der Waals surface area contributed by atoms with Crippen molar-refractivity contribution in [3.8, 4) is 0 Å². The molecule has 0 aromatic carbocycles. The Kier molecular flexibility index (Phi) is 3.65. The molecule has 0 aliphatic carbocycles. The number of rotatable bonds is 3. The van der Waals surface area contributed by atoms with Crippen molar-refractivity contribution in [1.82, 2.24) is 4.98 Å². The van der Waals surface area contributed by atoms with E-state index in [-0.39, 0.29) is 23.1 Å². The van der Waals surface area contributed by atoms with Crippen LogP contribution in [0.4, 0.5) is 19.0 Å². The summed E-state index contributed by atoms with van der Waals surface area (Å²) in [5, 5.41) is 2.80. The van der Waals surface area contributed by atoms with Gasteiger partial charge in [0.2, 0.25) is 0 Å². The second kappa shape index (κ2) is 4.65. The maximum absolute atomic E-state index is 12.6. The van der Waals surface area contributed by atoms with Crippen molar-refractivity contribution in [2.24, 2.45) is 5.73 Å². The first-order valence-corrected chi connectivity index (χ1v) is 5.00. The van der Waals surface area contributed by atoms with Crippen LogP contribution >= 0.6 is 0 Å². The van der Waals surface area contributed by atoms with Crippen LogP contribution in [0.5, 0.6) is 0 Å². The van der Waals surface area contributed by atoms with Gasteiger partial charge in [-0.2, -0.15) is 13.2 Å². The van der Waals surface area contributed by atoms with E-state index >= 15 is 0 Å². The molecule has 17 heavy (non-hydrogen) atoms. The fourth-order valence-electron chi connectivity index (χ4n) is 1.23. The Hall–Kier alpha value is -1.72. The predicted molar refractivity (Wildman–Crippen MR) is 61.2 cm³/mol. The molecule has 1 heterocycles. The van der Waals surface area contributed by atoms with Crippen LogP contribution in [0.15, 0.2) is 18.7 Å². The summed E-state index contributed by atoms with van der Waals surface area (Å²) in [6.45, 7) is 7.03. The molecule has 0 fully saturated rings. The highest BCUT2D eigenvalue weighted by atomic mass is 19.4. The second-order valence-corrected chi connectivity index (χ2v) is 3.95. The van der Waals surface area contributed by atoms with E-state index in [1.165, 1.54) is 6.07 Å². The summed E-state index contributed by atoms with van der Waals surface area (Å²) in [5.74, 6) is 0.136. The number of alkyl halides is 3. The van der Waals surface area contributed by atoms with Gasteiger partial charge < -0.3 is 11.1 Å². The Labute approximate surface area is 97.5 Å². The van der Waals surface area contributed by atoms with Gasteiger partial charge in [-0.1, -0.05) is 6.58 Å². The van der Waals surface area contributed by atoms with Crippen LogP contribution in [0.25, 0.3) is 5.70 Å². The highest BCUT2D eigenvalue weighted by Gasteiger charge is 2.33. The summed E-state index contributed by atoms with van der Waals surface area (Å²) in [5.41, 5.74) is 4.72. The van der Waals surface area contributed by atoms with Crippen molar-refractivity contribution in [1.29, 1.82) is 0 Å². The third kappa shape index (κ3) is 3.65. The van der Waals surface area contributed by atoms with Gasteiger partial charge in [-0.3, -0.25) is 0 Å². The first-order valence-electron chi connectivity index (χ1n) is 5.00. The minimum atomic E-state index is -4.50. The fourth-order valence-corrected chi connectivity index (χ4v) is 1.23. The molecular formula is C11H14F3N3. The molecule has 1 rings (SSSR count). The van der Waals surface area contributed by atoms with Crippen molar-refractivity contribution in [2.75, 3.05) is 5.32 Å². The summed E-state index contributed by atoms with van der Waals surface area (Å²) >= 11 is 0. The number of hydrogen-bond acceptors (Lipinski definition) is 3. The molecule has 0 aliphatic heterocycles. The Balaban J connectivity index is 3.24. The third-order valence-electron chi connectivity index (χ3n) is 1.92. The molecule has 0 saturated carbocycles. The van der Waals surface area contributed by atoms with Gasteiger partial charge in [0.15, 0.2) is 0 Å². The van der Waals surface area contributed by atoms with Crippen LogP contribution in [0.1, 0.15) is 25.1 Å². The molecule has 6 heteroatoms. The quantitative estimate of drug-likeness (QED) is 0.860. The standard InChI is InChI=1S/C11H14F3N3/c1-6(2)16-10-5-8(7(3)15)4-9(17-10)11(12,13)14/h4-6H,3,15H2,1-2H3,(H,16,17). The predicted octanol–water partition coefficient (Wildman–Crippen LogP) is 2.85. The van der Waals surface area contributed by atoms with E-state index in [0.717, 1.165) is 6.07 Å². The zero-order valence-electron chi connectivity index (χ0n) is 9.60. The molecule has 3 nitrogen and oxygen atoms in total. The Morgan fingerprint density at radius 3 is 2.41 bits per heavy atom. The van der Waals surface area contributed by atoms with Gasteiger partial charge in [-0.25, -0.2) is 4.98 Å². The number of anilines is 1. The zero-order valence-corrected chi connectivity index (χ0v) is 9.60. The second-order valence-electron chi connectivity index (χ2n) is 3.95. The summed E-state index contributed by atoms with van der Waals surface area (Å²) in [6, 6.07) is 2.30. The molecule has 0 amide bonds. The van der Waals surface area contributed by atoms with Gasteiger partial charge in [0.1, 0.15) is 11.5 Å². The summed E-state index contributed by atoms with van der Waals surface area (Å²) in [7, 11) is 0.